The molecule has 128 valence electrons. The number of pyridine rings is 1. The number of carbonyl (C=O) groups is 1. The van der Waals surface area contributed by atoms with Crippen molar-refractivity contribution >= 4 is 29.3 Å². The van der Waals surface area contributed by atoms with Gasteiger partial charge >= 0.3 is 0 Å². The Bertz CT molecular complexity index is 834. The summed E-state index contributed by atoms with van der Waals surface area (Å²) >= 11 is 0. The third-order valence-corrected chi connectivity index (χ3v) is 4.90. The van der Waals surface area contributed by atoms with Crippen molar-refractivity contribution in [2.45, 2.75) is 31.7 Å². The summed E-state index contributed by atoms with van der Waals surface area (Å²) in [5, 5.41) is 7.45. The van der Waals surface area contributed by atoms with E-state index >= 15 is 0 Å². The van der Waals surface area contributed by atoms with Gasteiger partial charge in [-0.2, -0.15) is 0 Å². The molecule has 2 aromatic rings. The quantitative estimate of drug-likeness (QED) is 0.687. The molecular formula is C19H20N4O2. The summed E-state index contributed by atoms with van der Waals surface area (Å²) in [7, 11) is 1.59. The van der Waals surface area contributed by atoms with E-state index in [-0.39, 0.29) is 0 Å². The molecule has 25 heavy (non-hydrogen) atoms. The highest BCUT2D eigenvalue weighted by Gasteiger charge is 2.25. The molecule has 1 aliphatic heterocycles. The number of benzene rings is 1. The second-order valence-electron chi connectivity index (χ2n) is 6.43. The molecule has 6 nitrogen and oxygen atoms in total. The number of hydrogen-bond acceptors (Lipinski definition) is 5. The predicted octanol–water partition coefficient (Wildman–Crippen LogP) is 3.57. The molecule has 4 rings (SSSR count). The SMILES string of the molecule is CO/N=C1/CCC(c2ccc3c(c2)N(C=O)Cc2cccnc2N3)C1. The molecule has 1 saturated carbocycles. The largest absolute Gasteiger partial charge is 0.399 e. The molecule has 6 heteroatoms. The van der Waals surface area contributed by atoms with Crippen molar-refractivity contribution in [3.8, 4) is 0 Å². The number of anilines is 3. The minimum Gasteiger partial charge on any atom is -0.399 e. The van der Waals surface area contributed by atoms with Gasteiger partial charge in [0, 0.05) is 11.8 Å². The fourth-order valence-electron chi connectivity index (χ4n) is 3.64. The summed E-state index contributed by atoms with van der Waals surface area (Å²) in [4.78, 5) is 22.7. The van der Waals surface area contributed by atoms with Gasteiger partial charge in [0.15, 0.2) is 0 Å². The van der Waals surface area contributed by atoms with Gasteiger partial charge in [0.05, 0.1) is 23.6 Å². The van der Waals surface area contributed by atoms with Crippen molar-refractivity contribution in [2.24, 2.45) is 5.16 Å². The van der Waals surface area contributed by atoms with Crippen molar-refractivity contribution in [3.63, 3.8) is 0 Å². The normalized spacial score (nSPS) is 20.4. The van der Waals surface area contributed by atoms with Crippen LogP contribution in [-0.2, 0) is 16.2 Å². The topological polar surface area (TPSA) is 66.8 Å². The van der Waals surface area contributed by atoms with Crippen LogP contribution in [0.3, 0.4) is 0 Å². The number of aromatic nitrogens is 1. The van der Waals surface area contributed by atoms with Gasteiger partial charge in [-0.25, -0.2) is 4.98 Å². The standard InChI is InChI=1S/C19H20N4O2/c1-25-22-16-6-4-13(9-16)14-5-7-17-18(10-14)23(12-24)11-15-3-2-8-20-19(15)21-17/h2-3,5,7-8,10,12-13H,4,6,9,11H2,1H3,(H,20,21)/b22-16-. The van der Waals surface area contributed by atoms with Crippen molar-refractivity contribution in [3.05, 3.63) is 47.7 Å². The number of fused-ring (bicyclic) bond motifs is 2. The fourth-order valence-corrected chi connectivity index (χ4v) is 3.64. The minimum absolute atomic E-state index is 0.413. The molecule has 1 fully saturated rings. The van der Waals surface area contributed by atoms with Crippen molar-refractivity contribution < 1.29 is 9.63 Å². The summed E-state index contributed by atoms with van der Waals surface area (Å²) in [6.45, 7) is 0.511. The number of rotatable bonds is 3. The first kappa shape index (κ1) is 15.6. The number of hydrogen-bond donors (Lipinski definition) is 1. The molecule has 1 atom stereocenters. The van der Waals surface area contributed by atoms with Gasteiger partial charge in [0.1, 0.15) is 12.9 Å². The first-order valence-corrected chi connectivity index (χ1v) is 8.44. The molecular weight excluding hydrogens is 316 g/mol. The summed E-state index contributed by atoms with van der Waals surface area (Å²) in [5.41, 5.74) is 5.12. The van der Waals surface area contributed by atoms with Gasteiger partial charge in [0.2, 0.25) is 6.41 Å². The molecule has 0 radical (unpaired) electrons. The minimum atomic E-state index is 0.413. The van der Waals surface area contributed by atoms with E-state index in [1.54, 1.807) is 18.2 Å². The van der Waals surface area contributed by atoms with Crippen molar-refractivity contribution in [1.29, 1.82) is 0 Å². The Morgan fingerprint density at radius 1 is 1.40 bits per heavy atom. The van der Waals surface area contributed by atoms with E-state index in [0.717, 1.165) is 54.1 Å². The highest BCUT2D eigenvalue weighted by molar-refractivity contribution is 5.89. The molecule has 1 aliphatic carbocycles. The first-order chi connectivity index (χ1) is 12.3. The van der Waals surface area contributed by atoms with Gasteiger partial charge in [-0.05, 0) is 48.9 Å². The van der Waals surface area contributed by atoms with Crippen LogP contribution in [0.4, 0.5) is 17.2 Å². The second kappa shape index (κ2) is 6.55. The number of amides is 1. The van der Waals surface area contributed by atoms with Gasteiger partial charge in [-0.15, -0.1) is 0 Å². The molecule has 1 N–H and O–H groups in total. The number of oxime groups is 1. The van der Waals surface area contributed by atoms with Gasteiger partial charge in [-0.3, -0.25) is 4.79 Å². The molecule has 2 heterocycles. The van der Waals surface area contributed by atoms with E-state index in [1.807, 2.05) is 18.2 Å². The lowest BCUT2D eigenvalue weighted by molar-refractivity contribution is -0.107. The van der Waals surface area contributed by atoms with E-state index in [0.29, 0.717) is 12.5 Å². The Hall–Kier alpha value is -2.89. The smallest absolute Gasteiger partial charge is 0.214 e. The van der Waals surface area contributed by atoms with Crippen LogP contribution in [0.15, 0.2) is 41.7 Å². The summed E-state index contributed by atoms with van der Waals surface area (Å²) in [6, 6.07) is 10.2. The Morgan fingerprint density at radius 2 is 2.32 bits per heavy atom. The lowest BCUT2D eigenvalue weighted by atomic mass is 9.96. The van der Waals surface area contributed by atoms with Gasteiger partial charge in [0.25, 0.3) is 0 Å². The molecule has 1 unspecified atom stereocenters. The Balaban J connectivity index is 1.68. The molecule has 0 bridgehead atoms. The fraction of sp³-hybridized carbons (Fsp3) is 0.316. The lowest BCUT2D eigenvalue weighted by Gasteiger charge is -2.20. The third-order valence-electron chi connectivity index (χ3n) is 4.90. The van der Waals surface area contributed by atoms with E-state index in [2.05, 4.69) is 27.6 Å². The molecule has 1 aromatic heterocycles. The van der Waals surface area contributed by atoms with E-state index in [1.165, 1.54) is 5.56 Å². The van der Waals surface area contributed by atoms with Crippen LogP contribution in [-0.4, -0.2) is 24.2 Å². The van der Waals surface area contributed by atoms with E-state index in [9.17, 15) is 4.79 Å². The van der Waals surface area contributed by atoms with Crippen molar-refractivity contribution in [1.82, 2.24) is 4.98 Å². The predicted molar refractivity (Wildman–Crippen MR) is 97.2 cm³/mol. The lowest BCUT2D eigenvalue weighted by Crippen LogP contribution is -2.19. The number of carbonyl (C=O) groups excluding carboxylic acids is 1. The molecule has 1 amide bonds. The maximum Gasteiger partial charge on any atom is 0.214 e. The van der Waals surface area contributed by atoms with Crippen LogP contribution >= 0.6 is 0 Å². The molecule has 1 aromatic carbocycles. The third kappa shape index (κ3) is 2.95. The van der Waals surface area contributed by atoms with Gasteiger partial charge in [-0.1, -0.05) is 17.3 Å². The zero-order valence-electron chi connectivity index (χ0n) is 14.1. The highest BCUT2D eigenvalue weighted by Crippen LogP contribution is 2.39. The van der Waals surface area contributed by atoms with Crippen LogP contribution in [0.25, 0.3) is 0 Å². The second-order valence-corrected chi connectivity index (χ2v) is 6.43. The molecule has 2 aliphatic rings. The Kier molecular flexibility index (Phi) is 4.09. The average Bonchev–Trinajstić information content (AvgIpc) is 3.03. The first-order valence-electron chi connectivity index (χ1n) is 8.44. The maximum atomic E-state index is 11.7. The van der Waals surface area contributed by atoms with Crippen LogP contribution in [0.1, 0.15) is 36.3 Å². The Labute approximate surface area is 146 Å². The monoisotopic (exact) mass is 336 g/mol. The summed E-state index contributed by atoms with van der Waals surface area (Å²) in [5.74, 6) is 1.22. The van der Waals surface area contributed by atoms with E-state index in [4.69, 9.17) is 4.84 Å². The molecule has 0 saturated heterocycles. The van der Waals surface area contributed by atoms with Crippen LogP contribution in [0.5, 0.6) is 0 Å². The van der Waals surface area contributed by atoms with Gasteiger partial charge < -0.3 is 15.1 Å². The van der Waals surface area contributed by atoms with Crippen LogP contribution in [0, 0.1) is 0 Å². The van der Waals surface area contributed by atoms with Crippen molar-refractivity contribution in [2.75, 3.05) is 17.3 Å². The molecule has 0 spiro atoms. The van der Waals surface area contributed by atoms with Crippen LogP contribution < -0.4 is 10.2 Å². The average molecular weight is 336 g/mol. The highest BCUT2D eigenvalue weighted by atomic mass is 16.6. The summed E-state index contributed by atoms with van der Waals surface area (Å²) in [6.07, 6.45) is 5.56. The zero-order chi connectivity index (χ0) is 17.2. The zero-order valence-corrected chi connectivity index (χ0v) is 14.1. The van der Waals surface area contributed by atoms with E-state index < -0.39 is 0 Å². The number of nitrogens with zero attached hydrogens (tertiary/aromatic N) is 3. The maximum absolute atomic E-state index is 11.7. The van der Waals surface area contributed by atoms with Crippen LogP contribution in [0.2, 0.25) is 0 Å². The number of nitrogens with one attached hydrogen (secondary N) is 1. The Morgan fingerprint density at radius 3 is 3.16 bits per heavy atom. The summed E-state index contributed by atoms with van der Waals surface area (Å²) < 4.78 is 0.